The molecule has 4 nitrogen and oxygen atoms in total. The average Bonchev–Trinajstić information content (AvgIpc) is 2.34. The van der Waals surface area contributed by atoms with Crippen LogP contribution >= 0.6 is 11.6 Å². The van der Waals surface area contributed by atoms with Crippen molar-refractivity contribution in [2.75, 3.05) is 12.4 Å². The van der Waals surface area contributed by atoms with Gasteiger partial charge in [0.05, 0.1) is 7.11 Å². The number of ether oxygens (including phenoxy) is 1. The van der Waals surface area contributed by atoms with E-state index in [0.29, 0.717) is 5.69 Å². The summed E-state index contributed by atoms with van der Waals surface area (Å²) in [5.41, 5.74) is 0.321. The van der Waals surface area contributed by atoms with E-state index < -0.39 is 11.6 Å². The molecular formula is C11H8ClF2N3O. The zero-order valence-corrected chi connectivity index (χ0v) is 10.0. The monoisotopic (exact) mass is 271 g/mol. The van der Waals surface area contributed by atoms with Gasteiger partial charge in [-0.2, -0.15) is 0 Å². The molecular weight excluding hydrogens is 264 g/mol. The van der Waals surface area contributed by atoms with Gasteiger partial charge in [-0.1, -0.05) is 11.6 Å². The van der Waals surface area contributed by atoms with Crippen molar-refractivity contribution in [1.82, 2.24) is 9.97 Å². The molecule has 0 atom stereocenters. The molecule has 0 saturated heterocycles. The number of nitrogens with zero attached hydrogens (tertiary/aromatic N) is 2. The second kappa shape index (κ2) is 5.14. The van der Waals surface area contributed by atoms with Crippen molar-refractivity contribution in [1.29, 1.82) is 0 Å². The van der Waals surface area contributed by atoms with Gasteiger partial charge in [-0.25, -0.2) is 18.7 Å². The van der Waals surface area contributed by atoms with Gasteiger partial charge in [0.1, 0.15) is 6.33 Å². The van der Waals surface area contributed by atoms with Crippen molar-refractivity contribution in [2.24, 2.45) is 0 Å². The van der Waals surface area contributed by atoms with Crippen LogP contribution in [0.2, 0.25) is 5.15 Å². The van der Waals surface area contributed by atoms with Crippen LogP contribution in [0.15, 0.2) is 24.5 Å². The van der Waals surface area contributed by atoms with Crippen molar-refractivity contribution in [3.05, 3.63) is 41.3 Å². The molecule has 1 aromatic carbocycles. The van der Waals surface area contributed by atoms with Crippen molar-refractivity contribution in [3.8, 4) is 5.75 Å². The summed E-state index contributed by atoms with van der Waals surface area (Å²) in [6, 6.07) is 3.38. The van der Waals surface area contributed by atoms with Gasteiger partial charge in [-0.15, -0.1) is 0 Å². The van der Waals surface area contributed by atoms with E-state index in [9.17, 15) is 8.78 Å². The van der Waals surface area contributed by atoms with Crippen LogP contribution in [0.5, 0.6) is 5.75 Å². The lowest BCUT2D eigenvalue weighted by molar-refractivity contribution is 0.413. The highest BCUT2D eigenvalue weighted by atomic mass is 35.5. The molecule has 0 radical (unpaired) electrons. The van der Waals surface area contributed by atoms with Crippen molar-refractivity contribution < 1.29 is 13.5 Å². The molecule has 0 bridgehead atoms. The first kappa shape index (κ1) is 12.5. The van der Waals surface area contributed by atoms with Crippen LogP contribution in [0.3, 0.4) is 0 Å². The Morgan fingerprint density at radius 3 is 2.67 bits per heavy atom. The number of nitrogens with one attached hydrogen (secondary N) is 1. The van der Waals surface area contributed by atoms with E-state index in [1.165, 1.54) is 19.5 Å². The molecule has 0 fully saturated rings. The summed E-state index contributed by atoms with van der Waals surface area (Å²) >= 11 is 5.80. The maximum absolute atomic E-state index is 13.0. The molecule has 18 heavy (non-hydrogen) atoms. The number of anilines is 2. The van der Waals surface area contributed by atoms with Gasteiger partial charge >= 0.3 is 0 Å². The maximum atomic E-state index is 13.0. The maximum Gasteiger partial charge on any atom is 0.199 e. The van der Waals surface area contributed by atoms with E-state index in [4.69, 9.17) is 16.3 Å². The van der Waals surface area contributed by atoms with Crippen LogP contribution in [-0.4, -0.2) is 17.1 Å². The van der Waals surface area contributed by atoms with Crippen LogP contribution in [0, 0.1) is 11.6 Å². The Morgan fingerprint density at radius 1 is 1.22 bits per heavy atom. The number of hydrogen-bond acceptors (Lipinski definition) is 4. The second-order valence-corrected chi connectivity index (χ2v) is 3.66. The lowest BCUT2D eigenvalue weighted by Gasteiger charge is -2.10. The standard InChI is InChI=1S/C11H8ClF2N3O/c1-18-9-10(12)15-5-16-11(9)17-6-2-3-7(13)8(14)4-6/h2-5H,1H3,(H,15,16,17). The lowest BCUT2D eigenvalue weighted by Crippen LogP contribution is -2.00. The van der Waals surface area contributed by atoms with Crippen molar-refractivity contribution in [2.45, 2.75) is 0 Å². The summed E-state index contributed by atoms with van der Waals surface area (Å²) in [7, 11) is 1.40. The predicted molar refractivity (Wildman–Crippen MR) is 63.2 cm³/mol. The molecule has 2 aromatic rings. The third kappa shape index (κ3) is 2.48. The lowest BCUT2D eigenvalue weighted by atomic mass is 10.3. The van der Waals surface area contributed by atoms with E-state index in [-0.39, 0.29) is 16.7 Å². The van der Waals surface area contributed by atoms with E-state index in [0.717, 1.165) is 12.1 Å². The molecule has 0 amide bonds. The average molecular weight is 272 g/mol. The fourth-order valence-corrected chi connectivity index (χ4v) is 1.54. The summed E-state index contributed by atoms with van der Waals surface area (Å²) < 4.78 is 30.8. The summed E-state index contributed by atoms with van der Waals surface area (Å²) in [6.45, 7) is 0. The molecule has 0 aliphatic carbocycles. The quantitative estimate of drug-likeness (QED) is 0.871. The second-order valence-electron chi connectivity index (χ2n) is 3.30. The fraction of sp³-hybridized carbons (Fsp3) is 0.0909. The molecule has 1 aromatic heterocycles. The van der Waals surface area contributed by atoms with Gasteiger partial charge < -0.3 is 10.1 Å². The number of hydrogen-bond donors (Lipinski definition) is 1. The zero-order chi connectivity index (χ0) is 13.1. The number of rotatable bonds is 3. The Kier molecular flexibility index (Phi) is 3.57. The molecule has 0 aliphatic heterocycles. The minimum atomic E-state index is -0.959. The zero-order valence-electron chi connectivity index (χ0n) is 9.25. The highest BCUT2D eigenvalue weighted by Gasteiger charge is 2.11. The molecule has 7 heteroatoms. The van der Waals surface area contributed by atoms with E-state index in [2.05, 4.69) is 15.3 Å². The largest absolute Gasteiger partial charge is 0.490 e. The van der Waals surface area contributed by atoms with Crippen LogP contribution in [-0.2, 0) is 0 Å². The summed E-state index contributed by atoms with van der Waals surface area (Å²) in [4.78, 5) is 7.65. The molecule has 0 spiro atoms. The normalized spacial score (nSPS) is 10.2. The van der Waals surface area contributed by atoms with Gasteiger partial charge in [0.25, 0.3) is 0 Å². The SMILES string of the molecule is COc1c(Cl)ncnc1Nc1ccc(F)c(F)c1. The molecule has 0 saturated carbocycles. The van der Waals surface area contributed by atoms with Crippen molar-refractivity contribution >= 4 is 23.1 Å². The summed E-state index contributed by atoms with van der Waals surface area (Å²) in [6.07, 6.45) is 1.23. The van der Waals surface area contributed by atoms with Gasteiger partial charge in [0.15, 0.2) is 28.4 Å². The minimum Gasteiger partial charge on any atom is -0.490 e. The van der Waals surface area contributed by atoms with Crippen molar-refractivity contribution in [3.63, 3.8) is 0 Å². The molecule has 1 heterocycles. The molecule has 94 valence electrons. The third-order valence-electron chi connectivity index (χ3n) is 2.15. The topological polar surface area (TPSA) is 47.0 Å². The number of methoxy groups -OCH3 is 1. The molecule has 1 N–H and O–H groups in total. The predicted octanol–water partition coefficient (Wildman–Crippen LogP) is 3.16. The smallest absolute Gasteiger partial charge is 0.199 e. The molecule has 0 unspecified atom stereocenters. The Hall–Kier alpha value is -1.95. The first-order chi connectivity index (χ1) is 8.61. The highest BCUT2D eigenvalue weighted by Crippen LogP contribution is 2.30. The van der Waals surface area contributed by atoms with Crippen LogP contribution in [0.4, 0.5) is 20.3 Å². The van der Waals surface area contributed by atoms with Gasteiger partial charge in [-0.05, 0) is 12.1 Å². The number of aromatic nitrogens is 2. The Balaban J connectivity index is 2.34. The Bertz CT molecular complexity index is 580. The highest BCUT2D eigenvalue weighted by molar-refractivity contribution is 6.31. The van der Waals surface area contributed by atoms with Crippen LogP contribution in [0.1, 0.15) is 0 Å². The fourth-order valence-electron chi connectivity index (χ4n) is 1.33. The van der Waals surface area contributed by atoms with E-state index in [1.54, 1.807) is 0 Å². The Morgan fingerprint density at radius 2 is 2.00 bits per heavy atom. The first-order valence-corrected chi connectivity index (χ1v) is 5.26. The Labute approximate surface area is 107 Å². The first-order valence-electron chi connectivity index (χ1n) is 4.88. The van der Waals surface area contributed by atoms with E-state index >= 15 is 0 Å². The van der Waals surface area contributed by atoms with Gasteiger partial charge in [0.2, 0.25) is 0 Å². The molecule has 0 aliphatic rings. The van der Waals surface area contributed by atoms with E-state index in [1.807, 2.05) is 0 Å². The number of benzene rings is 1. The summed E-state index contributed by atoms with van der Waals surface area (Å²) in [5.74, 6) is -1.39. The van der Waals surface area contributed by atoms with Gasteiger partial charge in [-0.3, -0.25) is 0 Å². The van der Waals surface area contributed by atoms with Crippen LogP contribution in [0.25, 0.3) is 0 Å². The third-order valence-corrected chi connectivity index (χ3v) is 2.42. The molecule has 2 rings (SSSR count). The number of halogens is 3. The summed E-state index contributed by atoms with van der Waals surface area (Å²) in [5, 5.41) is 2.89. The minimum absolute atomic E-state index is 0.123. The van der Waals surface area contributed by atoms with Crippen LogP contribution < -0.4 is 10.1 Å². The van der Waals surface area contributed by atoms with Gasteiger partial charge in [0, 0.05) is 11.8 Å².